The highest BCUT2D eigenvalue weighted by atomic mass is 28.4. The SMILES string of the molecule is CCCO[SiH](OCCC)OCCC.CCCO[Si](CC)(OCCC)OCCC. The van der Waals surface area contributed by atoms with E-state index in [0.29, 0.717) is 0 Å². The van der Waals surface area contributed by atoms with Crippen molar-refractivity contribution in [3.8, 4) is 0 Å². The Bertz CT molecular complexity index is 257. The third-order valence-corrected chi connectivity index (χ3v) is 7.71. The van der Waals surface area contributed by atoms with E-state index in [-0.39, 0.29) is 0 Å². The topological polar surface area (TPSA) is 55.4 Å². The molecule has 0 aliphatic rings. The van der Waals surface area contributed by atoms with Crippen molar-refractivity contribution >= 4 is 18.3 Å². The maximum Gasteiger partial charge on any atom is 0.500 e. The van der Waals surface area contributed by atoms with E-state index < -0.39 is 18.3 Å². The van der Waals surface area contributed by atoms with E-state index in [2.05, 4.69) is 48.5 Å². The van der Waals surface area contributed by atoms with Crippen LogP contribution in [0.1, 0.15) is 87.0 Å². The molecule has 0 aromatic heterocycles. The van der Waals surface area contributed by atoms with E-state index >= 15 is 0 Å². The lowest BCUT2D eigenvalue weighted by atomic mass is 10.5. The standard InChI is InChI=1S/C11H26O3Si.C9H22O3Si/c1-5-9-12-15(8-4,13-10-6-2)14-11-7-3;1-4-7-10-13(11-8-5-2)12-9-6-3/h5-11H2,1-4H3;13H,4-9H2,1-3H3. The van der Waals surface area contributed by atoms with Crippen LogP contribution >= 0.6 is 0 Å². The van der Waals surface area contributed by atoms with Crippen LogP contribution in [0.2, 0.25) is 6.04 Å². The van der Waals surface area contributed by atoms with Crippen LogP contribution in [-0.2, 0) is 26.6 Å². The smallest absolute Gasteiger partial charge is 0.376 e. The normalized spacial score (nSPS) is 11.6. The third-order valence-electron chi connectivity index (χ3n) is 3.39. The molecule has 8 heteroatoms. The first kappa shape index (κ1) is 30.4. The molecule has 0 radical (unpaired) electrons. The minimum atomic E-state index is -2.33. The van der Waals surface area contributed by atoms with E-state index in [1.54, 1.807) is 0 Å². The summed E-state index contributed by atoms with van der Waals surface area (Å²) >= 11 is 0. The van der Waals surface area contributed by atoms with Crippen LogP contribution < -0.4 is 0 Å². The lowest BCUT2D eigenvalue weighted by molar-refractivity contribution is 0.0604. The summed E-state index contributed by atoms with van der Waals surface area (Å²) in [6.07, 6.45) is 6.11. The summed E-state index contributed by atoms with van der Waals surface area (Å²) in [4.78, 5) is 0. The molecular weight excluding hydrogens is 392 g/mol. The van der Waals surface area contributed by atoms with Crippen LogP contribution in [0.25, 0.3) is 0 Å². The van der Waals surface area contributed by atoms with E-state index in [4.69, 9.17) is 26.6 Å². The molecular formula is C20H48O6Si2. The van der Waals surface area contributed by atoms with Crippen molar-refractivity contribution < 1.29 is 26.6 Å². The molecule has 0 aromatic carbocycles. The van der Waals surface area contributed by atoms with E-state index in [1.807, 2.05) is 0 Å². The summed E-state index contributed by atoms with van der Waals surface area (Å²) in [5.74, 6) is 0. The Morgan fingerprint density at radius 3 is 0.964 bits per heavy atom. The van der Waals surface area contributed by atoms with Crippen LogP contribution in [0.15, 0.2) is 0 Å². The predicted molar refractivity (Wildman–Crippen MR) is 121 cm³/mol. The molecule has 0 saturated carbocycles. The monoisotopic (exact) mass is 440 g/mol. The van der Waals surface area contributed by atoms with Gasteiger partial charge in [-0.25, -0.2) is 0 Å². The first-order valence-corrected chi connectivity index (χ1v) is 14.7. The highest BCUT2D eigenvalue weighted by Crippen LogP contribution is 2.16. The molecule has 0 rings (SSSR count). The lowest BCUT2D eigenvalue weighted by Crippen LogP contribution is -2.45. The van der Waals surface area contributed by atoms with Gasteiger partial charge in [0.05, 0.1) is 0 Å². The summed E-state index contributed by atoms with van der Waals surface area (Å²) in [5.41, 5.74) is 0. The fourth-order valence-corrected chi connectivity index (χ4v) is 5.97. The van der Waals surface area contributed by atoms with Gasteiger partial charge in [-0.1, -0.05) is 48.5 Å². The van der Waals surface area contributed by atoms with Gasteiger partial charge in [-0.3, -0.25) is 0 Å². The molecule has 0 spiro atoms. The van der Waals surface area contributed by atoms with Crippen molar-refractivity contribution in [3.63, 3.8) is 0 Å². The van der Waals surface area contributed by atoms with E-state index in [9.17, 15) is 0 Å². The Labute approximate surface area is 177 Å². The van der Waals surface area contributed by atoms with Crippen LogP contribution in [-0.4, -0.2) is 58.0 Å². The van der Waals surface area contributed by atoms with Gasteiger partial charge in [0.2, 0.25) is 0 Å². The van der Waals surface area contributed by atoms with E-state index in [0.717, 1.165) is 84.2 Å². The molecule has 0 aliphatic carbocycles. The number of hydrogen-bond acceptors (Lipinski definition) is 6. The van der Waals surface area contributed by atoms with Gasteiger partial charge in [0.15, 0.2) is 0 Å². The average molecular weight is 441 g/mol. The highest BCUT2D eigenvalue weighted by Gasteiger charge is 2.38. The fourth-order valence-electron chi connectivity index (χ4n) is 1.99. The first-order valence-electron chi connectivity index (χ1n) is 11.4. The second kappa shape index (κ2) is 23.5. The van der Waals surface area contributed by atoms with Crippen molar-refractivity contribution in [1.29, 1.82) is 0 Å². The van der Waals surface area contributed by atoms with Gasteiger partial charge >= 0.3 is 18.3 Å². The Morgan fingerprint density at radius 2 is 0.750 bits per heavy atom. The van der Waals surface area contributed by atoms with Gasteiger partial charge in [0.1, 0.15) is 0 Å². The molecule has 0 aromatic rings. The summed E-state index contributed by atoms with van der Waals surface area (Å²) < 4.78 is 33.9. The number of rotatable bonds is 19. The molecule has 0 N–H and O–H groups in total. The van der Waals surface area contributed by atoms with Crippen LogP contribution in [0.5, 0.6) is 0 Å². The Balaban J connectivity index is 0. The summed E-state index contributed by atoms with van der Waals surface area (Å²) in [6.45, 7) is 19.2. The van der Waals surface area contributed by atoms with Gasteiger partial charge in [-0.2, -0.15) is 0 Å². The summed E-state index contributed by atoms with van der Waals surface area (Å²) in [7, 11) is -4.12. The van der Waals surface area contributed by atoms with Gasteiger partial charge in [-0.15, -0.1) is 0 Å². The highest BCUT2D eigenvalue weighted by molar-refractivity contribution is 6.60. The average Bonchev–Trinajstić information content (AvgIpc) is 2.73. The van der Waals surface area contributed by atoms with Crippen LogP contribution in [0.4, 0.5) is 0 Å². The predicted octanol–water partition coefficient (Wildman–Crippen LogP) is 5.21. The molecule has 0 saturated heterocycles. The largest absolute Gasteiger partial charge is 0.500 e. The quantitative estimate of drug-likeness (QED) is 0.257. The zero-order chi connectivity index (χ0) is 21.5. The molecule has 172 valence electrons. The maximum atomic E-state index is 5.83. The molecule has 0 heterocycles. The van der Waals surface area contributed by atoms with Crippen molar-refractivity contribution in [2.75, 3.05) is 39.6 Å². The zero-order valence-corrected chi connectivity index (χ0v) is 21.9. The Hall–Kier alpha value is 0.194. The van der Waals surface area contributed by atoms with E-state index in [1.165, 1.54) is 0 Å². The minimum Gasteiger partial charge on any atom is -0.376 e. The fraction of sp³-hybridized carbons (Fsp3) is 1.00. The number of hydrogen-bond donors (Lipinski definition) is 0. The second-order valence-corrected chi connectivity index (χ2v) is 11.0. The first-order chi connectivity index (χ1) is 13.6. The molecule has 0 amide bonds. The summed E-state index contributed by atoms with van der Waals surface area (Å²) in [5, 5.41) is 0. The molecule has 0 bridgehead atoms. The van der Waals surface area contributed by atoms with Gasteiger partial charge in [-0.05, 0) is 38.5 Å². The molecule has 0 fully saturated rings. The zero-order valence-electron chi connectivity index (χ0n) is 19.7. The summed E-state index contributed by atoms with van der Waals surface area (Å²) in [6, 6.07) is 0.868. The Kier molecular flexibility index (Phi) is 25.5. The van der Waals surface area contributed by atoms with Crippen molar-refractivity contribution in [2.45, 2.75) is 93.0 Å². The molecule has 28 heavy (non-hydrogen) atoms. The van der Waals surface area contributed by atoms with Crippen molar-refractivity contribution in [1.82, 2.24) is 0 Å². The third kappa shape index (κ3) is 18.2. The minimum absolute atomic E-state index is 0.744. The van der Waals surface area contributed by atoms with Crippen LogP contribution in [0, 0.1) is 0 Å². The van der Waals surface area contributed by atoms with Crippen molar-refractivity contribution in [2.24, 2.45) is 0 Å². The van der Waals surface area contributed by atoms with Gasteiger partial charge in [0, 0.05) is 45.7 Å². The molecule has 0 atom stereocenters. The van der Waals surface area contributed by atoms with Gasteiger partial charge < -0.3 is 26.6 Å². The van der Waals surface area contributed by atoms with Crippen molar-refractivity contribution in [3.05, 3.63) is 0 Å². The molecule has 6 nitrogen and oxygen atoms in total. The second-order valence-electron chi connectivity index (χ2n) is 6.48. The molecule has 0 unspecified atom stereocenters. The van der Waals surface area contributed by atoms with Crippen LogP contribution in [0.3, 0.4) is 0 Å². The van der Waals surface area contributed by atoms with Gasteiger partial charge in [0.25, 0.3) is 0 Å². The lowest BCUT2D eigenvalue weighted by Gasteiger charge is -2.28. The maximum absolute atomic E-state index is 5.83. The Morgan fingerprint density at radius 1 is 0.464 bits per heavy atom. The molecule has 0 aliphatic heterocycles.